The first-order valence-corrected chi connectivity index (χ1v) is 6.19. The molecule has 0 radical (unpaired) electrons. The SMILES string of the molecule is Cn1cc(C(CN)Oc2ccc(Br)cc2F)cn1. The number of benzene rings is 1. The Morgan fingerprint density at radius 3 is 2.89 bits per heavy atom. The minimum atomic E-state index is -0.424. The van der Waals surface area contributed by atoms with Crippen LogP contribution in [-0.4, -0.2) is 16.3 Å². The van der Waals surface area contributed by atoms with Gasteiger partial charge in [-0.15, -0.1) is 0 Å². The van der Waals surface area contributed by atoms with Gasteiger partial charge in [0.2, 0.25) is 0 Å². The van der Waals surface area contributed by atoms with Crippen molar-refractivity contribution in [2.45, 2.75) is 6.10 Å². The van der Waals surface area contributed by atoms with Crippen LogP contribution in [0, 0.1) is 5.82 Å². The molecule has 2 N–H and O–H groups in total. The summed E-state index contributed by atoms with van der Waals surface area (Å²) in [6, 6.07) is 4.64. The summed E-state index contributed by atoms with van der Waals surface area (Å²) in [5.74, 6) is -0.246. The summed E-state index contributed by atoms with van der Waals surface area (Å²) in [7, 11) is 1.80. The predicted molar refractivity (Wildman–Crippen MR) is 69.7 cm³/mol. The van der Waals surface area contributed by atoms with Crippen molar-refractivity contribution in [3.8, 4) is 5.75 Å². The van der Waals surface area contributed by atoms with Gasteiger partial charge in [0.25, 0.3) is 0 Å². The topological polar surface area (TPSA) is 53.1 Å². The number of aromatic nitrogens is 2. The number of halogens is 2. The minimum Gasteiger partial charge on any atom is -0.481 e. The maximum absolute atomic E-state index is 13.7. The summed E-state index contributed by atoms with van der Waals surface area (Å²) in [6.45, 7) is 0.251. The van der Waals surface area contributed by atoms with E-state index in [1.165, 1.54) is 6.07 Å². The molecule has 1 aromatic heterocycles. The highest BCUT2D eigenvalue weighted by molar-refractivity contribution is 9.10. The normalized spacial score (nSPS) is 12.4. The zero-order valence-corrected chi connectivity index (χ0v) is 11.4. The number of aryl methyl sites for hydroxylation is 1. The number of nitrogens with two attached hydrogens (primary N) is 1. The van der Waals surface area contributed by atoms with Gasteiger partial charge in [0, 0.05) is 29.8 Å². The van der Waals surface area contributed by atoms with E-state index < -0.39 is 11.9 Å². The molecule has 18 heavy (non-hydrogen) atoms. The Balaban J connectivity index is 2.20. The van der Waals surface area contributed by atoms with E-state index in [2.05, 4.69) is 21.0 Å². The Labute approximate surface area is 113 Å². The molecule has 0 fully saturated rings. The second-order valence-corrected chi connectivity index (χ2v) is 4.78. The summed E-state index contributed by atoms with van der Waals surface area (Å²) < 4.78 is 21.5. The van der Waals surface area contributed by atoms with Crippen molar-refractivity contribution < 1.29 is 9.13 Å². The van der Waals surface area contributed by atoms with Gasteiger partial charge in [-0.3, -0.25) is 4.68 Å². The lowest BCUT2D eigenvalue weighted by molar-refractivity contribution is 0.204. The van der Waals surface area contributed by atoms with Gasteiger partial charge >= 0.3 is 0 Å². The third-order valence-electron chi connectivity index (χ3n) is 2.47. The van der Waals surface area contributed by atoms with Gasteiger partial charge in [-0.05, 0) is 18.2 Å². The van der Waals surface area contributed by atoms with E-state index >= 15 is 0 Å². The van der Waals surface area contributed by atoms with Gasteiger partial charge in [0.05, 0.1) is 6.20 Å². The molecule has 0 saturated carbocycles. The van der Waals surface area contributed by atoms with Crippen LogP contribution >= 0.6 is 15.9 Å². The van der Waals surface area contributed by atoms with Gasteiger partial charge in [-0.2, -0.15) is 5.10 Å². The fraction of sp³-hybridized carbons (Fsp3) is 0.250. The number of hydrogen-bond acceptors (Lipinski definition) is 3. The lowest BCUT2D eigenvalue weighted by Crippen LogP contribution is -2.18. The van der Waals surface area contributed by atoms with Crippen molar-refractivity contribution in [3.05, 3.63) is 46.4 Å². The van der Waals surface area contributed by atoms with Crippen LogP contribution in [0.1, 0.15) is 11.7 Å². The number of hydrogen-bond donors (Lipinski definition) is 1. The Kier molecular flexibility index (Phi) is 3.98. The van der Waals surface area contributed by atoms with Crippen LogP contribution in [0.15, 0.2) is 35.1 Å². The zero-order valence-electron chi connectivity index (χ0n) is 9.81. The largest absolute Gasteiger partial charge is 0.481 e. The molecule has 6 heteroatoms. The van der Waals surface area contributed by atoms with Crippen molar-refractivity contribution in [1.82, 2.24) is 9.78 Å². The summed E-state index contributed by atoms with van der Waals surface area (Å²) >= 11 is 3.19. The monoisotopic (exact) mass is 313 g/mol. The maximum atomic E-state index is 13.7. The molecule has 2 rings (SSSR count). The maximum Gasteiger partial charge on any atom is 0.166 e. The minimum absolute atomic E-state index is 0.178. The van der Waals surface area contributed by atoms with Crippen LogP contribution in [0.4, 0.5) is 4.39 Å². The van der Waals surface area contributed by atoms with Crippen LogP contribution < -0.4 is 10.5 Å². The molecule has 1 aromatic carbocycles. The van der Waals surface area contributed by atoms with Gasteiger partial charge in [-0.1, -0.05) is 15.9 Å². The third kappa shape index (κ3) is 2.88. The van der Waals surface area contributed by atoms with E-state index in [-0.39, 0.29) is 12.3 Å². The van der Waals surface area contributed by atoms with Gasteiger partial charge in [0.1, 0.15) is 6.10 Å². The Bertz CT molecular complexity index is 544. The van der Waals surface area contributed by atoms with Crippen molar-refractivity contribution in [2.24, 2.45) is 12.8 Å². The van der Waals surface area contributed by atoms with E-state index in [0.29, 0.717) is 4.47 Å². The van der Waals surface area contributed by atoms with E-state index in [1.54, 1.807) is 36.3 Å². The fourth-order valence-electron chi connectivity index (χ4n) is 1.58. The number of nitrogens with zero attached hydrogens (tertiary/aromatic N) is 2. The lowest BCUT2D eigenvalue weighted by atomic mass is 10.2. The van der Waals surface area contributed by atoms with Crippen molar-refractivity contribution in [2.75, 3.05) is 6.54 Å². The molecule has 0 aliphatic rings. The second kappa shape index (κ2) is 5.49. The molecule has 1 atom stereocenters. The smallest absolute Gasteiger partial charge is 0.166 e. The molecule has 0 amide bonds. The van der Waals surface area contributed by atoms with Crippen LogP contribution in [0.25, 0.3) is 0 Å². The molecule has 0 saturated heterocycles. The Hall–Kier alpha value is -1.40. The summed E-state index contributed by atoms with van der Waals surface area (Å²) in [4.78, 5) is 0. The quantitative estimate of drug-likeness (QED) is 0.943. The van der Waals surface area contributed by atoms with Gasteiger partial charge in [0.15, 0.2) is 11.6 Å². The van der Waals surface area contributed by atoms with Crippen LogP contribution in [-0.2, 0) is 7.05 Å². The molecule has 4 nitrogen and oxygen atoms in total. The zero-order chi connectivity index (χ0) is 13.1. The molecular weight excluding hydrogens is 301 g/mol. The molecule has 2 aromatic rings. The first-order chi connectivity index (χ1) is 8.60. The van der Waals surface area contributed by atoms with Crippen molar-refractivity contribution >= 4 is 15.9 Å². The van der Waals surface area contributed by atoms with Crippen LogP contribution in [0.5, 0.6) is 5.75 Å². The summed E-state index contributed by atoms with van der Waals surface area (Å²) in [5, 5.41) is 4.04. The summed E-state index contributed by atoms with van der Waals surface area (Å²) in [5.41, 5.74) is 6.47. The molecule has 0 aliphatic carbocycles. The molecule has 0 spiro atoms. The third-order valence-corrected chi connectivity index (χ3v) is 2.97. The average molecular weight is 314 g/mol. The van der Waals surface area contributed by atoms with Crippen molar-refractivity contribution in [3.63, 3.8) is 0 Å². The van der Waals surface area contributed by atoms with Gasteiger partial charge in [-0.25, -0.2) is 4.39 Å². The molecule has 1 unspecified atom stereocenters. The molecular formula is C12H13BrFN3O. The Morgan fingerprint density at radius 1 is 1.56 bits per heavy atom. The van der Waals surface area contributed by atoms with E-state index in [1.807, 2.05) is 0 Å². The summed E-state index contributed by atoms with van der Waals surface area (Å²) in [6.07, 6.45) is 3.05. The lowest BCUT2D eigenvalue weighted by Gasteiger charge is -2.16. The highest BCUT2D eigenvalue weighted by Gasteiger charge is 2.15. The van der Waals surface area contributed by atoms with Crippen LogP contribution in [0.3, 0.4) is 0 Å². The highest BCUT2D eigenvalue weighted by atomic mass is 79.9. The van der Waals surface area contributed by atoms with Crippen LogP contribution in [0.2, 0.25) is 0 Å². The van der Waals surface area contributed by atoms with E-state index in [0.717, 1.165) is 5.56 Å². The average Bonchev–Trinajstić information content (AvgIpc) is 2.75. The van der Waals surface area contributed by atoms with Gasteiger partial charge < -0.3 is 10.5 Å². The van der Waals surface area contributed by atoms with E-state index in [4.69, 9.17) is 10.5 Å². The first-order valence-electron chi connectivity index (χ1n) is 5.40. The predicted octanol–water partition coefficient (Wildman–Crippen LogP) is 2.40. The molecule has 1 heterocycles. The fourth-order valence-corrected chi connectivity index (χ4v) is 1.92. The second-order valence-electron chi connectivity index (χ2n) is 3.86. The number of ether oxygens (including phenoxy) is 1. The first kappa shape index (κ1) is 13.0. The standard InChI is InChI=1S/C12H13BrFN3O/c1-17-7-8(6-16-17)12(5-15)18-11-3-2-9(13)4-10(11)14/h2-4,6-7,12H,5,15H2,1H3. The highest BCUT2D eigenvalue weighted by Crippen LogP contribution is 2.26. The Morgan fingerprint density at radius 2 is 2.33 bits per heavy atom. The molecule has 0 bridgehead atoms. The van der Waals surface area contributed by atoms with E-state index in [9.17, 15) is 4.39 Å². The molecule has 0 aliphatic heterocycles. The molecule has 96 valence electrons. The van der Waals surface area contributed by atoms with Crippen molar-refractivity contribution in [1.29, 1.82) is 0 Å². The number of rotatable bonds is 4.